The Hall–Kier alpha value is -2.70. The predicted octanol–water partition coefficient (Wildman–Crippen LogP) is 1.40. The van der Waals surface area contributed by atoms with E-state index in [0.717, 1.165) is 11.1 Å². The van der Waals surface area contributed by atoms with Gasteiger partial charge in [-0.1, -0.05) is 12.1 Å². The first-order chi connectivity index (χ1) is 10.2. The van der Waals surface area contributed by atoms with Crippen LogP contribution in [-0.2, 0) is 9.47 Å². The first-order valence-electron chi connectivity index (χ1n) is 6.52. The largest absolute Gasteiger partial charge is 0.482 e. The van der Waals surface area contributed by atoms with Gasteiger partial charge >= 0.3 is 5.97 Å². The van der Waals surface area contributed by atoms with Crippen LogP contribution in [0.5, 0.6) is 0 Å². The number of carbonyl (C=O) groups excluding carboxylic acids is 1. The van der Waals surface area contributed by atoms with E-state index in [9.17, 15) is 9.59 Å². The molecule has 0 bridgehead atoms. The molecule has 0 N–H and O–H groups in total. The number of hydrogen-bond donors (Lipinski definition) is 0. The number of esters is 1. The van der Waals surface area contributed by atoms with Gasteiger partial charge in [-0.2, -0.15) is 4.68 Å². The number of hydrogen-bond acceptors (Lipinski definition) is 6. The summed E-state index contributed by atoms with van der Waals surface area (Å²) in [4.78, 5) is 28.5. The summed E-state index contributed by atoms with van der Waals surface area (Å²) in [5.41, 5.74) is -0.0481. The topological polar surface area (TPSA) is 82.8 Å². The highest BCUT2D eigenvalue weighted by Crippen LogP contribution is 2.08. The summed E-state index contributed by atoms with van der Waals surface area (Å²) in [6.45, 7) is 4.02. The normalized spacial score (nSPS) is 11.0. The van der Waals surface area contributed by atoms with E-state index in [2.05, 4.69) is 10.1 Å². The van der Waals surface area contributed by atoms with Crippen molar-refractivity contribution in [3.63, 3.8) is 0 Å². The standard InChI is InChI=1S/C14H15N3O4/c1-3-20-9-15-17-12(14(19)21-4-2)16-11-8-6-5-7-10(11)13(17)18/h5-9H,3-4H2,1-2H3/b15-9+. The molecule has 0 fully saturated rings. The van der Waals surface area contributed by atoms with Crippen LogP contribution in [0.3, 0.4) is 0 Å². The molecule has 0 aliphatic carbocycles. The Morgan fingerprint density at radius 3 is 2.81 bits per heavy atom. The molecule has 0 radical (unpaired) electrons. The van der Waals surface area contributed by atoms with Gasteiger partial charge in [0.2, 0.25) is 5.82 Å². The van der Waals surface area contributed by atoms with Crippen molar-refractivity contribution in [1.29, 1.82) is 0 Å². The molecule has 7 heteroatoms. The number of ether oxygens (including phenoxy) is 2. The van der Waals surface area contributed by atoms with Crippen molar-refractivity contribution in [2.24, 2.45) is 5.10 Å². The van der Waals surface area contributed by atoms with Crippen molar-refractivity contribution < 1.29 is 14.3 Å². The fourth-order valence-corrected chi connectivity index (χ4v) is 1.71. The van der Waals surface area contributed by atoms with Crippen LogP contribution in [0.2, 0.25) is 0 Å². The molecule has 21 heavy (non-hydrogen) atoms. The maximum Gasteiger partial charge on any atom is 0.376 e. The molecule has 0 amide bonds. The summed E-state index contributed by atoms with van der Waals surface area (Å²) in [6.07, 6.45) is 1.10. The molecule has 0 saturated carbocycles. The van der Waals surface area contributed by atoms with Crippen LogP contribution in [0.25, 0.3) is 10.9 Å². The summed E-state index contributed by atoms with van der Waals surface area (Å²) in [6, 6.07) is 6.71. The first kappa shape index (κ1) is 14.7. The summed E-state index contributed by atoms with van der Waals surface area (Å²) in [5, 5.41) is 4.20. The van der Waals surface area contributed by atoms with E-state index in [0.29, 0.717) is 17.5 Å². The van der Waals surface area contributed by atoms with Crippen LogP contribution in [0, 0.1) is 0 Å². The molecule has 0 atom stereocenters. The number of benzene rings is 1. The van der Waals surface area contributed by atoms with Crippen LogP contribution in [0.15, 0.2) is 34.2 Å². The number of aromatic nitrogens is 2. The van der Waals surface area contributed by atoms with Gasteiger partial charge in [-0.25, -0.2) is 9.78 Å². The Kier molecular flexibility index (Phi) is 4.65. The van der Waals surface area contributed by atoms with Crippen molar-refractivity contribution >= 4 is 23.3 Å². The third-order valence-electron chi connectivity index (χ3n) is 2.62. The lowest BCUT2D eigenvalue weighted by Gasteiger charge is -2.07. The minimum absolute atomic E-state index is 0.177. The van der Waals surface area contributed by atoms with Crippen LogP contribution < -0.4 is 5.56 Å². The molecule has 0 aliphatic heterocycles. The van der Waals surface area contributed by atoms with Crippen molar-refractivity contribution in [3.8, 4) is 0 Å². The van der Waals surface area contributed by atoms with Crippen LogP contribution in [-0.4, -0.2) is 35.2 Å². The van der Waals surface area contributed by atoms with Gasteiger partial charge in [-0.05, 0) is 26.0 Å². The van der Waals surface area contributed by atoms with E-state index in [1.165, 1.54) is 0 Å². The lowest BCUT2D eigenvalue weighted by molar-refractivity contribution is 0.0505. The molecule has 2 aromatic rings. The van der Waals surface area contributed by atoms with Crippen molar-refractivity contribution in [2.75, 3.05) is 13.2 Å². The number of carbonyl (C=O) groups is 1. The summed E-state index contributed by atoms with van der Waals surface area (Å²) in [5.74, 6) is -0.898. The number of nitrogens with zero attached hydrogens (tertiary/aromatic N) is 3. The molecule has 0 unspecified atom stereocenters. The van der Waals surface area contributed by atoms with Crippen molar-refractivity contribution in [2.45, 2.75) is 13.8 Å². The Morgan fingerprint density at radius 2 is 2.10 bits per heavy atom. The monoisotopic (exact) mass is 289 g/mol. The van der Waals surface area contributed by atoms with E-state index in [1.54, 1.807) is 38.1 Å². The average molecular weight is 289 g/mol. The highest BCUT2D eigenvalue weighted by atomic mass is 16.5. The summed E-state index contributed by atoms with van der Waals surface area (Å²) >= 11 is 0. The number of fused-ring (bicyclic) bond motifs is 1. The molecule has 1 aromatic heterocycles. The number of para-hydroxylation sites is 1. The second-order valence-electron chi connectivity index (χ2n) is 3.97. The highest BCUT2D eigenvalue weighted by molar-refractivity contribution is 5.89. The minimum atomic E-state index is -0.714. The summed E-state index contributed by atoms with van der Waals surface area (Å²) in [7, 11) is 0. The lowest BCUT2D eigenvalue weighted by Crippen LogP contribution is -2.26. The molecule has 2 rings (SSSR count). The first-order valence-corrected chi connectivity index (χ1v) is 6.52. The van der Waals surface area contributed by atoms with Gasteiger partial charge in [0.15, 0.2) is 6.40 Å². The van der Waals surface area contributed by atoms with Crippen LogP contribution in [0.4, 0.5) is 0 Å². The SMILES string of the molecule is CCO/C=N/n1c(C(=O)OCC)nc2ccccc2c1=O. The highest BCUT2D eigenvalue weighted by Gasteiger charge is 2.18. The van der Waals surface area contributed by atoms with Crippen molar-refractivity contribution in [1.82, 2.24) is 9.66 Å². The molecular formula is C14H15N3O4. The van der Waals surface area contributed by atoms with E-state index in [1.807, 2.05) is 0 Å². The zero-order valence-corrected chi connectivity index (χ0v) is 11.8. The molecule has 110 valence electrons. The van der Waals surface area contributed by atoms with Gasteiger partial charge in [-0.15, -0.1) is 5.10 Å². The molecule has 0 aliphatic rings. The van der Waals surface area contributed by atoms with Gasteiger partial charge in [0, 0.05) is 0 Å². The van der Waals surface area contributed by atoms with Gasteiger partial charge < -0.3 is 9.47 Å². The average Bonchev–Trinajstić information content (AvgIpc) is 2.49. The van der Waals surface area contributed by atoms with Crippen LogP contribution in [0.1, 0.15) is 24.5 Å². The second kappa shape index (κ2) is 6.65. The van der Waals surface area contributed by atoms with E-state index < -0.39 is 11.5 Å². The molecule has 7 nitrogen and oxygen atoms in total. The molecule has 1 heterocycles. The van der Waals surface area contributed by atoms with Gasteiger partial charge in [0.05, 0.1) is 24.1 Å². The zero-order valence-electron chi connectivity index (χ0n) is 11.8. The van der Waals surface area contributed by atoms with E-state index in [4.69, 9.17) is 9.47 Å². The minimum Gasteiger partial charge on any atom is -0.482 e. The fourth-order valence-electron chi connectivity index (χ4n) is 1.71. The number of rotatable bonds is 5. The Balaban J connectivity index is 2.65. The van der Waals surface area contributed by atoms with E-state index >= 15 is 0 Å². The van der Waals surface area contributed by atoms with Crippen LogP contribution >= 0.6 is 0 Å². The third-order valence-corrected chi connectivity index (χ3v) is 2.62. The predicted molar refractivity (Wildman–Crippen MR) is 77.5 cm³/mol. The van der Waals surface area contributed by atoms with E-state index in [-0.39, 0.29) is 12.4 Å². The zero-order chi connectivity index (χ0) is 15.2. The smallest absolute Gasteiger partial charge is 0.376 e. The lowest BCUT2D eigenvalue weighted by atomic mass is 10.2. The van der Waals surface area contributed by atoms with Gasteiger partial charge in [0.25, 0.3) is 5.56 Å². The Bertz CT molecular complexity index is 737. The molecule has 0 saturated heterocycles. The fraction of sp³-hybridized carbons (Fsp3) is 0.286. The maximum absolute atomic E-state index is 12.4. The Morgan fingerprint density at radius 1 is 1.33 bits per heavy atom. The quantitative estimate of drug-likeness (QED) is 0.472. The maximum atomic E-state index is 12.4. The molecule has 0 spiro atoms. The second-order valence-corrected chi connectivity index (χ2v) is 3.97. The van der Waals surface area contributed by atoms with Gasteiger partial charge in [-0.3, -0.25) is 4.79 Å². The Labute approximate surface area is 120 Å². The third kappa shape index (κ3) is 3.07. The molecular weight excluding hydrogens is 274 g/mol. The molecule has 1 aromatic carbocycles. The summed E-state index contributed by atoms with van der Waals surface area (Å²) < 4.78 is 10.8. The van der Waals surface area contributed by atoms with Crippen molar-refractivity contribution in [3.05, 3.63) is 40.4 Å². The van der Waals surface area contributed by atoms with Gasteiger partial charge in [0.1, 0.15) is 0 Å².